The molecular formula is C22H19FN6O. The number of imidazole rings is 2. The van der Waals surface area contributed by atoms with Gasteiger partial charge in [0.1, 0.15) is 17.5 Å². The lowest BCUT2D eigenvalue weighted by atomic mass is 10.2. The van der Waals surface area contributed by atoms with Crippen molar-refractivity contribution in [3.63, 3.8) is 0 Å². The molecule has 2 aromatic carbocycles. The molecule has 0 bridgehead atoms. The lowest BCUT2D eigenvalue weighted by Crippen LogP contribution is -2.08. The molecule has 3 aromatic heterocycles. The summed E-state index contributed by atoms with van der Waals surface area (Å²) in [4.78, 5) is 9.27. The zero-order chi connectivity index (χ0) is 20.7. The summed E-state index contributed by atoms with van der Waals surface area (Å²) in [5.41, 5.74) is 3.44. The van der Waals surface area contributed by atoms with E-state index in [4.69, 9.17) is 9.40 Å². The minimum atomic E-state index is -0.286. The van der Waals surface area contributed by atoms with E-state index in [1.165, 1.54) is 12.1 Å². The quantitative estimate of drug-likeness (QED) is 0.434. The number of benzene rings is 2. The fourth-order valence-corrected chi connectivity index (χ4v) is 3.68. The van der Waals surface area contributed by atoms with Crippen LogP contribution in [0.5, 0.6) is 0 Å². The highest BCUT2D eigenvalue weighted by molar-refractivity contribution is 5.81. The normalized spacial score (nSPS) is 11.4. The molecule has 0 saturated carbocycles. The fraction of sp³-hybridized carbons (Fsp3) is 0.182. The number of aromatic nitrogens is 6. The van der Waals surface area contributed by atoms with Gasteiger partial charge in [-0.2, -0.15) is 0 Å². The van der Waals surface area contributed by atoms with Gasteiger partial charge in [-0.25, -0.2) is 14.4 Å². The maximum Gasteiger partial charge on any atom is 0.247 e. The highest BCUT2D eigenvalue weighted by Crippen LogP contribution is 2.26. The molecule has 0 N–H and O–H groups in total. The van der Waals surface area contributed by atoms with E-state index in [0.717, 1.165) is 34.5 Å². The Kier molecular flexibility index (Phi) is 4.39. The van der Waals surface area contributed by atoms with Gasteiger partial charge in [-0.15, -0.1) is 10.2 Å². The number of hydrogen-bond donors (Lipinski definition) is 0. The summed E-state index contributed by atoms with van der Waals surface area (Å²) in [6, 6.07) is 12.4. The molecule has 5 aromatic rings. The van der Waals surface area contributed by atoms with Gasteiger partial charge in [0.25, 0.3) is 0 Å². The van der Waals surface area contributed by atoms with Crippen molar-refractivity contribution in [1.29, 1.82) is 0 Å². The minimum absolute atomic E-state index is 0.286. The summed E-state index contributed by atoms with van der Waals surface area (Å²) >= 11 is 0. The maximum absolute atomic E-state index is 13.7. The maximum atomic E-state index is 13.7. The molecule has 30 heavy (non-hydrogen) atoms. The first-order chi connectivity index (χ1) is 14.6. The summed E-state index contributed by atoms with van der Waals surface area (Å²) in [6.45, 7) is 5.14. The van der Waals surface area contributed by atoms with Crippen LogP contribution in [0.2, 0.25) is 0 Å². The number of halogens is 1. The van der Waals surface area contributed by atoms with E-state index in [-0.39, 0.29) is 5.82 Å². The highest BCUT2D eigenvalue weighted by Gasteiger charge is 2.15. The van der Waals surface area contributed by atoms with Crippen molar-refractivity contribution in [3.8, 4) is 22.8 Å². The van der Waals surface area contributed by atoms with E-state index >= 15 is 0 Å². The molecule has 0 fully saturated rings. The molecule has 150 valence electrons. The van der Waals surface area contributed by atoms with Gasteiger partial charge in [-0.05, 0) is 37.3 Å². The smallest absolute Gasteiger partial charge is 0.247 e. The lowest BCUT2D eigenvalue weighted by Gasteiger charge is -2.10. The van der Waals surface area contributed by atoms with Crippen molar-refractivity contribution in [2.24, 2.45) is 0 Å². The first-order valence-corrected chi connectivity index (χ1v) is 9.69. The minimum Gasteiger partial charge on any atom is -0.421 e. The number of nitrogens with zero attached hydrogens (tertiary/aromatic N) is 6. The second-order valence-electron chi connectivity index (χ2n) is 6.99. The third kappa shape index (κ3) is 3.16. The summed E-state index contributed by atoms with van der Waals surface area (Å²) < 4.78 is 23.4. The Labute approximate surface area is 171 Å². The van der Waals surface area contributed by atoms with Crippen molar-refractivity contribution in [3.05, 3.63) is 72.4 Å². The van der Waals surface area contributed by atoms with E-state index in [1.54, 1.807) is 19.2 Å². The van der Waals surface area contributed by atoms with Crippen LogP contribution >= 0.6 is 0 Å². The molecule has 0 radical (unpaired) electrons. The fourth-order valence-electron chi connectivity index (χ4n) is 3.68. The van der Waals surface area contributed by atoms with Crippen LogP contribution in [-0.2, 0) is 13.1 Å². The van der Waals surface area contributed by atoms with Crippen LogP contribution in [0.4, 0.5) is 4.39 Å². The predicted molar refractivity (Wildman–Crippen MR) is 110 cm³/mol. The van der Waals surface area contributed by atoms with Crippen LogP contribution in [0.3, 0.4) is 0 Å². The molecule has 0 atom stereocenters. The van der Waals surface area contributed by atoms with Crippen LogP contribution in [-0.4, -0.2) is 29.3 Å². The van der Waals surface area contributed by atoms with E-state index in [2.05, 4.69) is 26.7 Å². The molecule has 0 aliphatic carbocycles. The molecule has 0 unspecified atom stereocenters. The second kappa shape index (κ2) is 7.22. The number of rotatable bonds is 5. The number of hydrogen-bond acceptors (Lipinski definition) is 5. The standard InChI is InChI=1S/C22H19FN6O/c1-3-29-19-8-7-16(22-27-26-14(2)30-22)12-18(19)25-20(29)13-28-10-9-24-21(28)15-5-4-6-17(23)11-15/h4-12H,3,13H2,1-2H3. The summed E-state index contributed by atoms with van der Waals surface area (Å²) in [5.74, 6) is 2.31. The Bertz CT molecular complexity index is 1350. The van der Waals surface area contributed by atoms with E-state index in [1.807, 2.05) is 35.0 Å². The van der Waals surface area contributed by atoms with Crippen molar-refractivity contribution < 1.29 is 8.81 Å². The van der Waals surface area contributed by atoms with Gasteiger partial charge < -0.3 is 13.6 Å². The van der Waals surface area contributed by atoms with Gasteiger partial charge in [0, 0.05) is 37.0 Å². The van der Waals surface area contributed by atoms with Crippen LogP contribution in [0.1, 0.15) is 18.6 Å². The largest absolute Gasteiger partial charge is 0.421 e. The molecule has 0 amide bonds. The number of aryl methyl sites for hydroxylation is 2. The zero-order valence-electron chi connectivity index (χ0n) is 16.6. The average molecular weight is 402 g/mol. The summed E-state index contributed by atoms with van der Waals surface area (Å²) in [6.07, 6.45) is 3.60. The Balaban J connectivity index is 1.54. The molecule has 7 nitrogen and oxygen atoms in total. The third-order valence-electron chi connectivity index (χ3n) is 5.03. The highest BCUT2D eigenvalue weighted by atomic mass is 19.1. The van der Waals surface area contributed by atoms with Crippen LogP contribution < -0.4 is 0 Å². The third-order valence-corrected chi connectivity index (χ3v) is 5.03. The Morgan fingerprint density at radius 1 is 1.07 bits per heavy atom. The molecule has 0 saturated heterocycles. The molecule has 3 heterocycles. The topological polar surface area (TPSA) is 74.6 Å². The molecule has 0 spiro atoms. The Morgan fingerprint density at radius 3 is 2.73 bits per heavy atom. The Hall–Kier alpha value is -3.81. The SMILES string of the molecule is CCn1c(Cn2ccnc2-c2cccc(F)c2)nc2cc(-c3nnc(C)o3)ccc21. The number of fused-ring (bicyclic) bond motifs is 1. The van der Waals surface area contributed by atoms with Crippen LogP contribution in [0.15, 0.2) is 59.3 Å². The lowest BCUT2D eigenvalue weighted by molar-refractivity contribution is 0.533. The predicted octanol–water partition coefficient (Wildman–Crippen LogP) is 4.47. The zero-order valence-corrected chi connectivity index (χ0v) is 16.6. The first kappa shape index (κ1) is 18.2. The summed E-state index contributed by atoms with van der Waals surface area (Å²) in [7, 11) is 0. The first-order valence-electron chi connectivity index (χ1n) is 9.69. The molecular weight excluding hydrogens is 383 g/mol. The van der Waals surface area contributed by atoms with Gasteiger partial charge in [0.15, 0.2) is 0 Å². The van der Waals surface area contributed by atoms with E-state index in [9.17, 15) is 4.39 Å². The summed E-state index contributed by atoms with van der Waals surface area (Å²) in [5, 5.41) is 7.99. The van der Waals surface area contributed by atoms with Gasteiger partial charge in [0.2, 0.25) is 11.8 Å². The van der Waals surface area contributed by atoms with E-state index < -0.39 is 0 Å². The molecule has 8 heteroatoms. The molecule has 0 aliphatic heterocycles. The van der Waals surface area contributed by atoms with Gasteiger partial charge >= 0.3 is 0 Å². The van der Waals surface area contributed by atoms with Gasteiger partial charge in [-0.3, -0.25) is 0 Å². The monoisotopic (exact) mass is 402 g/mol. The second-order valence-corrected chi connectivity index (χ2v) is 6.99. The van der Waals surface area contributed by atoms with Crippen molar-refractivity contribution >= 4 is 11.0 Å². The Morgan fingerprint density at radius 2 is 1.97 bits per heavy atom. The van der Waals surface area contributed by atoms with Crippen molar-refractivity contribution in [1.82, 2.24) is 29.3 Å². The van der Waals surface area contributed by atoms with Gasteiger partial charge in [0.05, 0.1) is 17.6 Å². The molecule has 5 rings (SSSR count). The molecule has 0 aliphatic rings. The van der Waals surface area contributed by atoms with Crippen LogP contribution in [0, 0.1) is 12.7 Å². The van der Waals surface area contributed by atoms with Crippen molar-refractivity contribution in [2.75, 3.05) is 0 Å². The van der Waals surface area contributed by atoms with Gasteiger partial charge in [-0.1, -0.05) is 12.1 Å². The van der Waals surface area contributed by atoms with Crippen molar-refractivity contribution in [2.45, 2.75) is 26.9 Å². The average Bonchev–Trinajstić information content (AvgIpc) is 3.45. The van der Waals surface area contributed by atoms with E-state index in [0.29, 0.717) is 24.2 Å². The van der Waals surface area contributed by atoms with Crippen LogP contribution in [0.25, 0.3) is 33.9 Å².